The molecule has 1 aliphatic heterocycles. The molecule has 0 aliphatic carbocycles. The summed E-state index contributed by atoms with van der Waals surface area (Å²) in [6, 6.07) is 0. The number of hydrogen-bond acceptors (Lipinski definition) is 2. The fourth-order valence-corrected chi connectivity index (χ4v) is 1.45. The van der Waals surface area contributed by atoms with Crippen molar-refractivity contribution < 1.29 is 23.1 Å². The van der Waals surface area contributed by atoms with E-state index in [0.29, 0.717) is 0 Å². The third-order valence-electron chi connectivity index (χ3n) is 1.99. The van der Waals surface area contributed by atoms with E-state index in [1.165, 1.54) is 0 Å². The van der Waals surface area contributed by atoms with Gasteiger partial charge in [0.1, 0.15) is 6.73 Å². The van der Waals surface area contributed by atoms with Crippen molar-refractivity contribution in [3.63, 3.8) is 0 Å². The molecule has 1 amide bonds. The Balaban J connectivity index is 2.45. The summed E-state index contributed by atoms with van der Waals surface area (Å²) in [5, 5.41) is 8.58. The fraction of sp³-hybridized carbons (Fsp3) is 0.857. The quantitative estimate of drug-likeness (QED) is 0.709. The molecule has 1 aliphatic rings. The molecule has 1 N–H and O–H groups in total. The number of hydrogen-bond donors (Lipinski definition) is 1. The maximum Gasteiger partial charge on any atom is 0.389 e. The van der Waals surface area contributed by atoms with Crippen LogP contribution < -0.4 is 0 Å². The Hall–Kier alpha value is -0.780. The molecule has 76 valence electrons. The Morgan fingerprint density at radius 1 is 1.54 bits per heavy atom. The lowest BCUT2D eigenvalue weighted by molar-refractivity contribution is -0.143. The summed E-state index contributed by atoms with van der Waals surface area (Å²) in [6.07, 6.45) is -5.29. The minimum Gasteiger partial charge on any atom is -0.376 e. The van der Waals surface area contributed by atoms with Crippen LogP contribution in [-0.2, 0) is 4.79 Å². The first-order valence-electron chi connectivity index (χ1n) is 3.88. The highest BCUT2D eigenvalue weighted by Gasteiger charge is 2.38. The number of aliphatic hydroxyl groups is 1. The average Bonchev–Trinajstić information content (AvgIpc) is 2.26. The van der Waals surface area contributed by atoms with Gasteiger partial charge in [-0.3, -0.25) is 4.79 Å². The predicted octanol–water partition coefficient (Wildman–Crippen LogP) is 0.737. The highest BCUT2D eigenvalue weighted by molar-refractivity contribution is 5.78. The summed E-state index contributed by atoms with van der Waals surface area (Å²) in [5.41, 5.74) is 0. The molecule has 1 rings (SSSR count). The summed E-state index contributed by atoms with van der Waals surface area (Å²) >= 11 is 0. The highest BCUT2D eigenvalue weighted by atomic mass is 19.4. The maximum absolute atomic E-state index is 11.9. The van der Waals surface area contributed by atoms with Gasteiger partial charge in [0.25, 0.3) is 0 Å². The lowest BCUT2D eigenvalue weighted by Gasteiger charge is -2.13. The molecule has 0 spiro atoms. The van der Waals surface area contributed by atoms with E-state index in [9.17, 15) is 18.0 Å². The number of rotatable bonds is 2. The Kier molecular flexibility index (Phi) is 2.80. The normalized spacial score (nSPS) is 24.2. The second kappa shape index (κ2) is 3.53. The Bertz CT molecular complexity index is 204. The number of carbonyl (C=O) groups is 1. The SMILES string of the molecule is O=C1CC(CC(F)(F)F)CN1CO. The fourth-order valence-electron chi connectivity index (χ4n) is 1.45. The summed E-state index contributed by atoms with van der Waals surface area (Å²) < 4.78 is 35.6. The lowest BCUT2D eigenvalue weighted by atomic mass is 10.1. The molecule has 1 atom stereocenters. The van der Waals surface area contributed by atoms with Crippen molar-refractivity contribution in [2.45, 2.75) is 19.0 Å². The summed E-state index contributed by atoms with van der Waals surface area (Å²) in [6.45, 7) is -0.484. The second-order valence-electron chi connectivity index (χ2n) is 3.15. The van der Waals surface area contributed by atoms with Gasteiger partial charge in [0.2, 0.25) is 5.91 Å². The van der Waals surface area contributed by atoms with Crippen LogP contribution in [0.3, 0.4) is 0 Å². The topological polar surface area (TPSA) is 40.5 Å². The molecule has 0 aromatic heterocycles. The zero-order valence-electron chi connectivity index (χ0n) is 6.84. The largest absolute Gasteiger partial charge is 0.389 e. The van der Waals surface area contributed by atoms with Gasteiger partial charge in [0.15, 0.2) is 0 Å². The molecular formula is C7H10F3NO2. The van der Waals surface area contributed by atoms with E-state index in [-0.39, 0.29) is 13.0 Å². The van der Waals surface area contributed by atoms with Crippen LogP contribution in [0.25, 0.3) is 0 Å². The summed E-state index contributed by atoms with van der Waals surface area (Å²) in [5.74, 6) is -1.10. The van der Waals surface area contributed by atoms with Crippen LogP contribution in [0.4, 0.5) is 13.2 Å². The minimum absolute atomic E-state index is 0.00877. The molecule has 1 saturated heterocycles. The van der Waals surface area contributed by atoms with Gasteiger partial charge >= 0.3 is 6.18 Å². The molecule has 1 fully saturated rings. The van der Waals surface area contributed by atoms with Crippen LogP contribution >= 0.6 is 0 Å². The Morgan fingerprint density at radius 3 is 2.54 bits per heavy atom. The van der Waals surface area contributed by atoms with Crippen LogP contribution in [-0.4, -0.2) is 35.4 Å². The van der Waals surface area contributed by atoms with Crippen LogP contribution in [0.1, 0.15) is 12.8 Å². The van der Waals surface area contributed by atoms with Crippen molar-refractivity contribution in [3.8, 4) is 0 Å². The third kappa shape index (κ3) is 2.87. The minimum atomic E-state index is -4.23. The van der Waals surface area contributed by atoms with Gasteiger partial charge in [0, 0.05) is 19.4 Å². The standard InChI is InChI=1S/C7H10F3NO2/c8-7(9,10)2-5-1-6(13)11(3-5)4-12/h5,12H,1-4H2. The van der Waals surface area contributed by atoms with E-state index in [2.05, 4.69) is 0 Å². The van der Waals surface area contributed by atoms with Crippen LogP contribution in [0.15, 0.2) is 0 Å². The van der Waals surface area contributed by atoms with E-state index < -0.39 is 31.2 Å². The number of carbonyl (C=O) groups excluding carboxylic acids is 1. The first-order chi connectivity index (χ1) is 5.92. The van der Waals surface area contributed by atoms with Gasteiger partial charge in [0.05, 0.1) is 0 Å². The van der Waals surface area contributed by atoms with Gasteiger partial charge in [-0.15, -0.1) is 0 Å². The average molecular weight is 197 g/mol. The zero-order chi connectivity index (χ0) is 10.1. The first-order valence-corrected chi connectivity index (χ1v) is 3.88. The zero-order valence-corrected chi connectivity index (χ0v) is 6.84. The number of amides is 1. The predicted molar refractivity (Wildman–Crippen MR) is 37.6 cm³/mol. The molecule has 0 radical (unpaired) electrons. The van der Waals surface area contributed by atoms with Gasteiger partial charge in [-0.2, -0.15) is 13.2 Å². The number of nitrogens with zero attached hydrogens (tertiary/aromatic N) is 1. The van der Waals surface area contributed by atoms with E-state index in [0.717, 1.165) is 4.90 Å². The molecular weight excluding hydrogens is 187 g/mol. The summed E-state index contributed by atoms with van der Waals surface area (Å²) in [7, 11) is 0. The number of alkyl halides is 3. The van der Waals surface area contributed by atoms with E-state index in [1.54, 1.807) is 0 Å². The van der Waals surface area contributed by atoms with Gasteiger partial charge in [-0.25, -0.2) is 0 Å². The van der Waals surface area contributed by atoms with Gasteiger partial charge in [-0.05, 0) is 5.92 Å². The van der Waals surface area contributed by atoms with Crippen molar-refractivity contribution in [3.05, 3.63) is 0 Å². The molecule has 6 heteroatoms. The van der Waals surface area contributed by atoms with Gasteiger partial charge < -0.3 is 10.0 Å². The molecule has 0 aromatic rings. The molecule has 3 nitrogen and oxygen atoms in total. The molecule has 13 heavy (non-hydrogen) atoms. The maximum atomic E-state index is 11.9. The Morgan fingerprint density at radius 2 is 2.15 bits per heavy atom. The molecule has 1 heterocycles. The van der Waals surface area contributed by atoms with Crippen molar-refractivity contribution >= 4 is 5.91 Å². The first kappa shape index (κ1) is 10.3. The van der Waals surface area contributed by atoms with Crippen molar-refractivity contribution in [2.24, 2.45) is 5.92 Å². The molecule has 0 bridgehead atoms. The van der Waals surface area contributed by atoms with Crippen LogP contribution in [0.2, 0.25) is 0 Å². The van der Waals surface area contributed by atoms with Crippen molar-refractivity contribution in [2.75, 3.05) is 13.3 Å². The van der Waals surface area contributed by atoms with E-state index in [4.69, 9.17) is 5.11 Å². The van der Waals surface area contributed by atoms with Crippen LogP contribution in [0, 0.1) is 5.92 Å². The Labute approximate surface area is 73.1 Å². The lowest BCUT2D eigenvalue weighted by Crippen LogP contribution is -2.26. The summed E-state index contributed by atoms with van der Waals surface area (Å²) in [4.78, 5) is 11.9. The smallest absolute Gasteiger partial charge is 0.376 e. The van der Waals surface area contributed by atoms with E-state index in [1.807, 2.05) is 0 Å². The van der Waals surface area contributed by atoms with Crippen LogP contribution in [0.5, 0.6) is 0 Å². The van der Waals surface area contributed by atoms with E-state index >= 15 is 0 Å². The number of halogens is 3. The van der Waals surface area contributed by atoms with Gasteiger partial charge in [-0.1, -0.05) is 0 Å². The molecule has 0 aromatic carbocycles. The molecule has 0 saturated carbocycles. The number of aliphatic hydroxyl groups excluding tert-OH is 1. The third-order valence-corrected chi connectivity index (χ3v) is 1.99. The number of likely N-dealkylation sites (tertiary alicyclic amines) is 1. The highest BCUT2D eigenvalue weighted by Crippen LogP contribution is 2.30. The van der Waals surface area contributed by atoms with Crippen molar-refractivity contribution in [1.29, 1.82) is 0 Å². The monoisotopic (exact) mass is 197 g/mol. The second-order valence-corrected chi connectivity index (χ2v) is 3.15. The molecule has 1 unspecified atom stereocenters. The van der Waals surface area contributed by atoms with Crippen molar-refractivity contribution in [1.82, 2.24) is 4.90 Å².